The topological polar surface area (TPSA) is 94.7 Å². The number of hydrogen-bond donors (Lipinski definition) is 2. The average Bonchev–Trinajstić information content (AvgIpc) is 2.41. The van der Waals surface area contributed by atoms with E-state index < -0.39 is 5.97 Å². The molecule has 0 aromatic carbocycles. The Bertz CT molecular complexity index is 464. The van der Waals surface area contributed by atoms with Crippen LogP contribution in [-0.4, -0.2) is 35.4 Å². The molecule has 2 rings (SSSR count). The van der Waals surface area contributed by atoms with Crippen LogP contribution in [0.3, 0.4) is 0 Å². The maximum atomic E-state index is 11.1. The van der Waals surface area contributed by atoms with Gasteiger partial charge in [-0.15, -0.1) is 0 Å². The van der Waals surface area contributed by atoms with Gasteiger partial charge in [0.2, 0.25) is 5.88 Å². The molecule has 0 bridgehead atoms. The van der Waals surface area contributed by atoms with Gasteiger partial charge < -0.3 is 20.3 Å². The summed E-state index contributed by atoms with van der Waals surface area (Å²) in [6, 6.07) is 1.36. The van der Waals surface area contributed by atoms with Crippen LogP contribution in [0.5, 0.6) is 5.88 Å². The lowest BCUT2D eigenvalue weighted by molar-refractivity contribution is 0.0189. The van der Waals surface area contributed by atoms with E-state index in [2.05, 4.69) is 4.98 Å². The molecule has 1 aromatic rings. The van der Waals surface area contributed by atoms with E-state index in [1.165, 1.54) is 12.3 Å². The van der Waals surface area contributed by atoms with Gasteiger partial charge in [-0.3, -0.25) is 0 Å². The van der Waals surface area contributed by atoms with Crippen LogP contribution in [0.1, 0.15) is 36.0 Å². The van der Waals surface area contributed by atoms with E-state index in [9.17, 15) is 4.79 Å². The van der Waals surface area contributed by atoms with Gasteiger partial charge >= 0.3 is 5.97 Å². The van der Waals surface area contributed by atoms with E-state index in [0.717, 1.165) is 25.7 Å². The third-order valence-electron chi connectivity index (χ3n) is 3.29. The zero-order chi connectivity index (χ0) is 13.8. The molecule has 2 atom stereocenters. The quantitative estimate of drug-likeness (QED) is 0.861. The fourth-order valence-corrected chi connectivity index (χ4v) is 2.30. The first-order chi connectivity index (χ1) is 9.10. The van der Waals surface area contributed by atoms with Gasteiger partial charge in [-0.25, -0.2) is 9.78 Å². The number of rotatable bonds is 4. The Morgan fingerprint density at radius 1 is 1.47 bits per heavy atom. The first-order valence-electron chi connectivity index (χ1n) is 6.28. The molecule has 0 saturated heterocycles. The minimum atomic E-state index is -1.09. The molecule has 2 unspecified atom stereocenters. The van der Waals surface area contributed by atoms with E-state index in [1.54, 1.807) is 7.11 Å². The number of aromatic carboxylic acids is 1. The Labute approximate surface area is 111 Å². The number of anilines is 1. The summed E-state index contributed by atoms with van der Waals surface area (Å²) in [6.45, 7) is 0. The molecule has 1 heterocycles. The molecule has 1 aliphatic rings. The number of methoxy groups -OCH3 is 1. The third kappa shape index (κ3) is 3.35. The zero-order valence-electron chi connectivity index (χ0n) is 10.8. The largest absolute Gasteiger partial charge is 0.477 e. The van der Waals surface area contributed by atoms with Crippen molar-refractivity contribution in [2.75, 3.05) is 12.8 Å². The number of carboxylic acids is 1. The van der Waals surface area contributed by atoms with E-state index in [-0.39, 0.29) is 23.7 Å². The fourth-order valence-electron chi connectivity index (χ4n) is 2.30. The molecule has 1 aromatic heterocycles. The summed E-state index contributed by atoms with van der Waals surface area (Å²) in [5, 5.41) is 9.12. The second kappa shape index (κ2) is 5.88. The Hall–Kier alpha value is -1.82. The minimum Gasteiger partial charge on any atom is -0.477 e. The van der Waals surface area contributed by atoms with Gasteiger partial charge in [-0.1, -0.05) is 0 Å². The first-order valence-corrected chi connectivity index (χ1v) is 6.28. The van der Waals surface area contributed by atoms with Crippen LogP contribution in [0.4, 0.5) is 5.69 Å². The summed E-state index contributed by atoms with van der Waals surface area (Å²) in [5.41, 5.74) is 5.85. The summed E-state index contributed by atoms with van der Waals surface area (Å²) >= 11 is 0. The molecule has 0 spiro atoms. The van der Waals surface area contributed by atoms with Gasteiger partial charge in [0.25, 0.3) is 0 Å². The van der Waals surface area contributed by atoms with Crippen LogP contribution in [0.2, 0.25) is 0 Å². The second-order valence-electron chi connectivity index (χ2n) is 4.69. The molecular weight excluding hydrogens is 248 g/mol. The number of nitrogen functional groups attached to an aromatic ring is 1. The van der Waals surface area contributed by atoms with E-state index in [1.807, 2.05) is 0 Å². The lowest BCUT2D eigenvalue weighted by Gasteiger charge is -2.28. The number of hydrogen-bond acceptors (Lipinski definition) is 5. The molecule has 0 amide bonds. The summed E-state index contributed by atoms with van der Waals surface area (Å²) in [6.07, 6.45) is 5.15. The highest BCUT2D eigenvalue weighted by atomic mass is 16.5. The van der Waals surface area contributed by atoms with Crippen molar-refractivity contribution in [2.24, 2.45) is 0 Å². The molecule has 1 saturated carbocycles. The standard InChI is InChI=1S/C13H18N2O4/c1-18-9-3-2-4-10(6-9)19-12-11(13(16)17)5-8(14)7-15-12/h5,7,9-10H,2-4,6,14H2,1H3,(H,16,17). The second-order valence-corrected chi connectivity index (χ2v) is 4.69. The molecular formula is C13H18N2O4. The van der Waals surface area contributed by atoms with Gasteiger partial charge in [0, 0.05) is 13.5 Å². The monoisotopic (exact) mass is 266 g/mol. The summed E-state index contributed by atoms with van der Waals surface area (Å²) in [7, 11) is 1.68. The SMILES string of the molecule is COC1CCCC(Oc2ncc(N)cc2C(=O)O)C1. The van der Waals surface area contributed by atoms with Crippen molar-refractivity contribution in [3.63, 3.8) is 0 Å². The van der Waals surface area contributed by atoms with Crippen molar-refractivity contribution >= 4 is 11.7 Å². The number of carbonyl (C=O) groups is 1. The number of nitrogens with zero attached hydrogens (tertiary/aromatic N) is 1. The minimum absolute atomic E-state index is 0.000426. The normalized spacial score (nSPS) is 23.0. The molecule has 6 nitrogen and oxygen atoms in total. The highest BCUT2D eigenvalue weighted by Crippen LogP contribution is 2.26. The van der Waals surface area contributed by atoms with Crippen LogP contribution in [-0.2, 0) is 4.74 Å². The highest BCUT2D eigenvalue weighted by molar-refractivity contribution is 5.91. The molecule has 1 aliphatic carbocycles. The fraction of sp³-hybridized carbons (Fsp3) is 0.538. The Balaban J connectivity index is 2.12. The molecule has 3 N–H and O–H groups in total. The zero-order valence-corrected chi connectivity index (χ0v) is 10.8. The van der Waals surface area contributed by atoms with E-state index in [0.29, 0.717) is 5.69 Å². The van der Waals surface area contributed by atoms with Crippen LogP contribution >= 0.6 is 0 Å². The van der Waals surface area contributed by atoms with Crippen molar-refractivity contribution in [2.45, 2.75) is 37.9 Å². The molecule has 104 valence electrons. The Morgan fingerprint density at radius 2 is 2.21 bits per heavy atom. The lowest BCUT2D eigenvalue weighted by atomic mass is 9.95. The molecule has 6 heteroatoms. The first kappa shape index (κ1) is 13.6. The number of pyridine rings is 1. The van der Waals surface area contributed by atoms with E-state index >= 15 is 0 Å². The van der Waals surface area contributed by atoms with Crippen LogP contribution < -0.4 is 10.5 Å². The van der Waals surface area contributed by atoms with Gasteiger partial charge in [0.05, 0.1) is 18.0 Å². The molecule has 19 heavy (non-hydrogen) atoms. The maximum absolute atomic E-state index is 11.1. The van der Waals surface area contributed by atoms with Crippen LogP contribution in [0, 0.1) is 0 Å². The van der Waals surface area contributed by atoms with Crippen molar-refractivity contribution in [1.82, 2.24) is 4.98 Å². The highest BCUT2D eigenvalue weighted by Gasteiger charge is 2.25. The lowest BCUT2D eigenvalue weighted by Crippen LogP contribution is -2.30. The van der Waals surface area contributed by atoms with Gasteiger partial charge in [0.1, 0.15) is 11.7 Å². The van der Waals surface area contributed by atoms with Crippen molar-refractivity contribution in [3.05, 3.63) is 17.8 Å². The van der Waals surface area contributed by atoms with Gasteiger partial charge in [0.15, 0.2) is 0 Å². The number of carboxylic acid groups (broad SMARTS) is 1. The molecule has 1 fully saturated rings. The Kier molecular flexibility index (Phi) is 4.21. The number of aromatic nitrogens is 1. The van der Waals surface area contributed by atoms with Gasteiger partial charge in [-0.05, 0) is 25.3 Å². The van der Waals surface area contributed by atoms with Gasteiger partial charge in [-0.2, -0.15) is 0 Å². The molecule has 0 radical (unpaired) electrons. The predicted octanol–water partition coefficient (Wildman–Crippen LogP) is 1.70. The smallest absolute Gasteiger partial charge is 0.341 e. The van der Waals surface area contributed by atoms with Crippen molar-refractivity contribution < 1.29 is 19.4 Å². The molecule has 0 aliphatic heterocycles. The number of ether oxygens (including phenoxy) is 2. The van der Waals surface area contributed by atoms with E-state index in [4.69, 9.17) is 20.3 Å². The van der Waals surface area contributed by atoms with Crippen LogP contribution in [0.25, 0.3) is 0 Å². The third-order valence-corrected chi connectivity index (χ3v) is 3.29. The maximum Gasteiger partial charge on any atom is 0.341 e. The summed E-state index contributed by atoms with van der Waals surface area (Å²) < 4.78 is 11.0. The van der Waals surface area contributed by atoms with Crippen molar-refractivity contribution in [3.8, 4) is 5.88 Å². The van der Waals surface area contributed by atoms with Crippen LogP contribution in [0.15, 0.2) is 12.3 Å². The number of nitrogens with two attached hydrogens (primary N) is 1. The average molecular weight is 266 g/mol. The predicted molar refractivity (Wildman–Crippen MR) is 69.3 cm³/mol. The Morgan fingerprint density at radius 3 is 2.89 bits per heavy atom. The summed E-state index contributed by atoms with van der Waals surface area (Å²) in [5.74, 6) is -0.961. The van der Waals surface area contributed by atoms with Crippen molar-refractivity contribution in [1.29, 1.82) is 0 Å². The summed E-state index contributed by atoms with van der Waals surface area (Å²) in [4.78, 5) is 15.1.